The molecule has 0 saturated heterocycles. The highest BCUT2D eigenvalue weighted by molar-refractivity contribution is 5.34. The Balaban J connectivity index is 2.34. The molecule has 0 amide bonds. The Kier molecular flexibility index (Phi) is 2.97. The summed E-state index contributed by atoms with van der Waals surface area (Å²) in [5, 5.41) is 0. The van der Waals surface area contributed by atoms with Crippen LogP contribution in [0.1, 0.15) is 24.8 Å². The maximum absolute atomic E-state index is 5.71. The van der Waals surface area contributed by atoms with Gasteiger partial charge in [0.1, 0.15) is 0 Å². The van der Waals surface area contributed by atoms with E-state index < -0.39 is 0 Å². The van der Waals surface area contributed by atoms with Crippen molar-refractivity contribution in [2.75, 3.05) is 0 Å². The van der Waals surface area contributed by atoms with Gasteiger partial charge in [-0.1, -0.05) is 67.5 Å². The van der Waals surface area contributed by atoms with Crippen molar-refractivity contribution in [1.82, 2.24) is 0 Å². The van der Waals surface area contributed by atoms with Crippen LogP contribution in [0.5, 0.6) is 0 Å². The third-order valence-electron chi connectivity index (χ3n) is 3.24. The standard InChI is InChI=1S/C16H16/c1-3-15(14-10-6-4-7-11-14)16(2)12-8-5-9-13-16/h1,4-12,15H,13H2,2H3. The van der Waals surface area contributed by atoms with Crippen LogP contribution in [-0.2, 0) is 0 Å². The van der Waals surface area contributed by atoms with Gasteiger partial charge in [0.05, 0.1) is 5.92 Å². The molecular formula is C16H16. The van der Waals surface area contributed by atoms with Gasteiger partial charge in [-0.3, -0.25) is 0 Å². The van der Waals surface area contributed by atoms with E-state index in [4.69, 9.17) is 6.42 Å². The SMILES string of the molecule is C#CC(c1ccccc1)C1(C)C=CC=CC1. The van der Waals surface area contributed by atoms with Gasteiger partial charge < -0.3 is 0 Å². The van der Waals surface area contributed by atoms with Crippen LogP contribution in [0.4, 0.5) is 0 Å². The number of hydrogen-bond donors (Lipinski definition) is 0. The van der Waals surface area contributed by atoms with Gasteiger partial charge in [-0.25, -0.2) is 0 Å². The largest absolute Gasteiger partial charge is 0.119 e. The van der Waals surface area contributed by atoms with Crippen LogP contribution < -0.4 is 0 Å². The van der Waals surface area contributed by atoms with E-state index in [-0.39, 0.29) is 11.3 Å². The van der Waals surface area contributed by atoms with Crippen LogP contribution in [0.25, 0.3) is 0 Å². The lowest BCUT2D eigenvalue weighted by atomic mass is 9.70. The molecule has 2 unspecified atom stereocenters. The van der Waals surface area contributed by atoms with E-state index in [0.717, 1.165) is 6.42 Å². The molecule has 1 aromatic carbocycles. The zero-order valence-corrected chi connectivity index (χ0v) is 9.56. The van der Waals surface area contributed by atoms with Gasteiger partial charge in [0.2, 0.25) is 0 Å². The summed E-state index contributed by atoms with van der Waals surface area (Å²) in [7, 11) is 0. The normalized spacial score (nSPS) is 25.0. The van der Waals surface area contributed by atoms with Crippen molar-refractivity contribution in [2.24, 2.45) is 5.41 Å². The minimum atomic E-state index is 0.0465. The number of hydrogen-bond acceptors (Lipinski definition) is 0. The second-order valence-corrected chi connectivity index (χ2v) is 4.51. The first kappa shape index (κ1) is 10.8. The van der Waals surface area contributed by atoms with E-state index in [0.29, 0.717) is 0 Å². The monoisotopic (exact) mass is 208 g/mol. The Morgan fingerprint density at radius 3 is 2.56 bits per heavy atom. The van der Waals surface area contributed by atoms with Crippen molar-refractivity contribution in [3.63, 3.8) is 0 Å². The molecule has 0 aromatic heterocycles. The van der Waals surface area contributed by atoms with Crippen LogP contribution in [0.3, 0.4) is 0 Å². The number of terminal acetylenes is 1. The van der Waals surface area contributed by atoms with Gasteiger partial charge in [-0.15, -0.1) is 6.42 Å². The van der Waals surface area contributed by atoms with Crippen LogP contribution in [0.15, 0.2) is 54.6 Å². The average Bonchev–Trinajstić information content (AvgIpc) is 2.32. The Morgan fingerprint density at radius 1 is 1.25 bits per heavy atom. The summed E-state index contributed by atoms with van der Waals surface area (Å²) in [4.78, 5) is 0. The van der Waals surface area contributed by atoms with Gasteiger partial charge in [-0.05, 0) is 12.0 Å². The van der Waals surface area contributed by atoms with E-state index in [9.17, 15) is 0 Å². The van der Waals surface area contributed by atoms with Gasteiger partial charge in [0, 0.05) is 5.41 Å². The fourth-order valence-electron chi connectivity index (χ4n) is 2.27. The topological polar surface area (TPSA) is 0 Å². The minimum absolute atomic E-state index is 0.0465. The summed E-state index contributed by atoms with van der Waals surface area (Å²) in [6, 6.07) is 10.3. The van der Waals surface area contributed by atoms with Crippen LogP contribution in [0, 0.1) is 17.8 Å². The quantitative estimate of drug-likeness (QED) is 0.646. The first-order chi connectivity index (χ1) is 7.76. The Bertz CT molecular complexity index is 445. The van der Waals surface area contributed by atoms with E-state index in [1.165, 1.54) is 5.56 Å². The Morgan fingerprint density at radius 2 is 2.00 bits per heavy atom. The van der Waals surface area contributed by atoms with Crippen molar-refractivity contribution >= 4 is 0 Å². The highest BCUT2D eigenvalue weighted by atomic mass is 14.3. The third-order valence-corrected chi connectivity index (χ3v) is 3.24. The van der Waals surface area contributed by atoms with Crippen molar-refractivity contribution in [3.05, 3.63) is 60.2 Å². The van der Waals surface area contributed by atoms with Gasteiger partial charge in [-0.2, -0.15) is 0 Å². The first-order valence-electron chi connectivity index (χ1n) is 5.62. The third kappa shape index (κ3) is 1.95. The summed E-state index contributed by atoms with van der Waals surface area (Å²) in [6.07, 6.45) is 15.3. The van der Waals surface area contributed by atoms with Gasteiger partial charge in [0.25, 0.3) is 0 Å². The predicted octanol–water partition coefficient (Wildman–Crippen LogP) is 3.93. The molecule has 0 saturated carbocycles. The molecule has 1 aliphatic rings. The number of allylic oxidation sites excluding steroid dienone is 4. The summed E-state index contributed by atoms with van der Waals surface area (Å²) in [5.41, 5.74) is 1.28. The van der Waals surface area contributed by atoms with Crippen LogP contribution in [-0.4, -0.2) is 0 Å². The van der Waals surface area contributed by atoms with Gasteiger partial charge >= 0.3 is 0 Å². The van der Waals surface area contributed by atoms with E-state index in [1.807, 2.05) is 18.2 Å². The van der Waals surface area contributed by atoms with E-state index >= 15 is 0 Å². The molecule has 2 atom stereocenters. The Hall–Kier alpha value is -1.74. The highest BCUT2D eigenvalue weighted by Crippen LogP contribution is 2.41. The van der Waals surface area contributed by atoms with Gasteiger partial charge in [0.15, 0.2) is 0 Å². The molecule has 2 rings (SSSR count). The number of benzene rings is 1. The summed E-state index contributed by atoms with van der Waals surface area (Å²) in [6.45, 7) is 2.23. The van der Waals surface area contributed by atoms with E-state index in [1.54, 1.807) is 0 Å². The molecule has 16 heavy (non-hydrogen) atoms. The first-order valence-corrected chi connectivity index (χ1v) is 5.62. The lowest BCUT2D eigenvalue weighted by Gasteiger charge is -2.32. The molecule has 0 N–H and O–H groups in total. The predicted molar refractivity (Wildman–Crippen MR) is 69.0 cm³/mol. The fraction of sp³-hybridized carbons (Fsp3) is 0.250. The van der Waals surface area contributed by atoms with Crippen molar-refractivity contribution in [2.45, 2.75) is 19.3 Å². The highest BCUT2D eigenvalue weighted by Gasteiger charge is 2.31. The van der Waals surface area contributed by atoms with Crippen LogP contribution in [0.2, 0.25) is 0 Å². The zero-order chi connectivity index (χ0) is 11.4. The lowest BCUT2D eigenvalue weighted by Crippen LogP contribution is -2.23. The maximum atomic E-state index is 5.71. The zero-order valence-electron chi connectivity index (χ0n) is 9.56. The molecule has 1 aromatic rings. The molecule has 0 heterocycles. The molecular weight excluding hydrogens is 192 g/mol. The summed E-state index contributed by atoms with van der Waals surface area (Å²) < 4.78 is 0. The molecule has 0 spiro atoms. The van der Waals surface area contributed by atoms with E-state index in [2.05, 4.69) is 49.3 Å². The summed E-state index contributed by atoms with van der Waals surface area (Å²) >= 11 is 0. The molecule has 0 aliphatic heterocycles. The second-order valence-electron chi connectivity index (χ2n) is 4.51. The molecule has 0 fully saturated rings. The Labute approximate surface area is 97.7 Å². The maximum Gasteiger partial charge on any atom is 0.0540 e. The second kappa shape index (κ2) is 4.41. The van der Waals surface area contributed by atoms with Crippen molar-refractivity contribution in [3.8, 4) is 12.3 Å². The smallest absolute Gasteiger partial charge is 0.0540 e. The minimum Gasteiger partial charge on any atom is -0.119 e. The molecule has 0 heteroatoms. The van der Waals surface area contributed by atoms with Crippen molar-refractivity contribution < 1.29 is 0 Å². The molecule has 80 valence electrons. The van der Waals surface area contributed by atoms with Crippen molar-refractivity contribution in [1.29, 1.82) is 0 Å². The number of rotatable bonds is 2. The fourth-order valence-corrected chi connectivity index (χ4v) is 2.27. The summed E-state index contributed by atoms with van der Waals surface area (Å²) in [5.74, 6) is 3.09. The van der Waals surface area contributed by atoms with Crippen LogP contribution >= 0.6 is 0 Å². The molecule has 0 nitrogen and oxygen atoms in total. The molecule has 0 radical (unpaired) electrons. The average molecular weight is 208 g/mol. The lowest BCUT2D eigenvalue weighted by molar-refractivity contribution is 0.391. The molecule has 0 bridgehead atoms. The molecule has 1 aliphatic carbocycles.